The number of carbonyl (C=O) groups is 2. The Morgan fingerprint density at radius 3 is 2.81 bits per heavy atom. The number of thioether (sulfide) groups is 1. The lowest BCUT2D eigenvalue weighted by molar-refractivity contribution is -0.114. The van der Waals surface area contributed by atoms with Gasteiger partial charge in [-0.25, -0.2) is 4.68 Å². The van der Waals surface area contributed by atoms with Crippen molar-refractivity contribution in [3.63, 3.8) is 0 Å². The van der Waals surface area contributed by atoms with Crippen LogP contribution in [0.25, 0.3) is 0 Å². The standard InChI is InChI=1S/C17H21N5O3S/c1-11(23)18-14-9-12(7-8-15(14)24)16(25)10-26-17-19-20-21-22(17)13-5-3-2-4-6-13/h7-9,13,24H,2-6,10H2,1H3,(H,18,23). The largest absolute Gasteiger partial charge is 0.506 e. The zero-order valence-electron chi connectivity index (χ0n) is 14.5. The lowest BCUT2D eigenvalue weighted by Gasteiger charge is -2.21. The second-order valence-corrected chi connectivity index (χ2v) is 7.27. The molecule has 26 heavy (non-hydrogen) atoms. The molecular weight excluding hydrogens is 354 g/mol. The average molecular weight is 375 g/mol. The summed E-state index contributed by atoms with van der Waals surface area (Å²) in [6, 6.07) is 4.71. The molecule has 9 heteroatoms. The molecule has 1 aliphatic carbocycles. The molecule has 0 radical (unpaired) electrons. The predicted octanol–water partition coefficient (Wildman–Crippen LogP) is 2.82. The first-order chi connectivity index (χ1) is 12.5. The van der Waals surface area contributed by atoms with Gasteiger partial charge in [0.15, 0.2) is 5.78 Å². The molecule has 0 unspecified atom stereocenters. The van der Waals surface area contributed by atoms with Gasteiger partial charge in [-0.15, -0.1) is 5.10 Å². The van der Waals surface area contributed by atoms with Gasteiger partial charge in [0.25, 0.3) is 0 Å². The Hall–Kier alpha value is -2.42. The number of anilines is 1. The first-order valence-corrected chi connectivity index (χ1v) is 9.57. The second-order valence-electron chi connectivity index (χ2n) is 6.32. The van der Waals surface area contributed by atoms with Crippen LogP contribution in [0.5, 0.6) is 5.75 Å². The number of ketones is 1. The van der Waals surface area contributed by atoms with Crippen LogP contribution in [0.2, 0.25) is 0 Å². The van der Waals surface area contributed by atoms with Gasteiger partial charge in [-0.3, -0.25) is 9.59 Å². The van der Waals surface area contributed by atoms with Crippen LogP contribution in [-0.4, -0.2) is 42.8 Å². The number of hydrogen-bond acceptors (Lipinski definition) is 7. The highest BCUT2D eigenvalue weighted by molar-refractivity contribution is 7.99. The molecule has 0 aliphatic heterocycles. The topological polar surface area (TPSA) is 110 Å². The quantitative estimate of drug-likeness (QED) is 0.454. The Bertz CT molecular complexity index is 801. The van der Waals surface area contributed by atoms with E-state index >= 15 is 0 Å². The van der Waals surface area contributed by atoms with E-state index in [0.29, 0.717) is 16.8 Å². The van der Waals surface area contributed by atoms with Gasteiger partial charge in [-0.05, 0) is 41.5 Å². The summed E-state index contributed by atoms with van der Waals surface area (Å²) >= 11 is 1.30. The average Bonchev–Trinajstić information content (AvgIpc) is 3.10. The smallest absolute Gasteiger partial charge is 0.221 e. The number of nitrogens with zero attached hydrogens (tertiary/aromatic N) is 4. The molecule has 8 nitrogen and oxygen atoms in total. The molecule has 1 aromatic heterocycles. The van der Waals surface area contributed by atoms with E-state index in [1.54, 1.807) is 0 Å². The monoisotopic (exact) mass is 375 g/mol. The van der Waals surface area contributed by atoms with Gasteiger partial charge >= 0.3 is 0 Å². The lowest BCUT2D eigenvalue weighted by Crippen LogP contribution is -2.16. The van der Waals surface area contributed by atoms with Crippen molar-refractivity contribution in [3.05, 3.63) is 23.8 Å². The van der Waals surface area contributed by atoms with Gasteiger partial charge in [-0.2, -0.15) is 0 Å². The van der Waals surface area contributed by atoms with Crippen molar-refractivity contribution in [2.45, 2.75) is 50.2 Å². The second kappa shape index (κ2) is 8.31. The van der Waals surface area contributed by atoms with Crippen LogP contribution in [0.15, 0.2) is 23.4 Å². The Balaban J connectivity index is 1.66. The van der Waals surface area contributed by atoms with Crippen LogP contribution in [0.1, 0.15) is 55.4 Å². The molecule has 1 saturated carbocycles. The molecule has 138 valence electrons. The number of benzene rings is 1. The molecule has 3 rings (SSSR count). The van der Waals surface area contributed by atoms with Crippen LogP contribution < -0.4 is 5.32 Å². The van der Waals surface area contributed by atoms with Gasteiger partial charge < -0.3 is 10.4 Å². The lowest BCUT2D eigenvalue weighted by atomic mass is 9.96. The number of Topliss-reactive ketones (excluding diaryl/α,β-unsaturated/α-hetero) is 1. The van der Waals surface area contributed by atoms with E-state index in [0.717, 1.165) is 12.8 Å². The Morgan fingerprint density at radius 1 is 1.31 bits per heavy atom. The molecule has 1 heterocycles. The highest BCUT2D eigenvalue weighted by Crippen LogP contribution is 2.30. The van der Waals surface area contributed by atoms with Gasteiger partial charge in [0.2, 0.25) is 11.1 Å². The van der Waals surface area contributed by atoms with Crippen molar-refractivity contribution in [1.29, 1.82) is 0 Å². The minimum atomic E-state index is -0.314. The number of aromatic nitrogens is 4. The summed E-state index contributed by atoms with van der Waals surface area (Å²) in [6.07, 6.45) is 5.71. The molecule has 1 amide bonds. The van der Waals surface area contributed by atoms with Gasteiger partial charge in [0.05, 0.1) is 17.5 Å². The van der Waals surface area contributed by atoms with Crippen molar-refractivity contribution in [2.24, 2.45) is 0 Å². The van der Waals surface area contributed by atoms with Gasteiger partial charge in [0, 0.05) is 12.5 Å². The fourth-order valence-electron chi connectivity index (χ4n) is 3.05. The van der Waals surface area contributed by atoms with Gasteiger partial charge in [-0.1, -0.05) is 31.0 Å². The van der Waals surface area contributed by atoms with Crippen molar-refractivity contribution in [2.75, 3.05) is 11.1 Å². The van der Waals surface area contributed by atoms with E-state index in [1.807, 2.05) is 4.68 Å². The molecule has 0 bridgehead atoms. The van der Waals surface area contributed by atoms with Crippen molar-refractivity contribution in [1.82, 2.24) is 20.2 Å². The summed E-state index contributed by atoms with van der Waals surface area (Å²) in [5.74, 6) is -0.339. The third kappa shape index (κ3) is 4.40. The van der Waals surface area contributed by atoms with E-state index in [1.165, 1.54) is 56.1 Å². The number of rotatable bonds is 6. The normalized spacial score (nSPS) is 15.0. The highest BCUT2D eigenvalue weighted by atomic mass is 32.2. The Kier molecular flexibility index (Phi) is 5.87. The number of tetrazole rings is 1. The molecule has 1 aliphatic rings. The SMILES string of the molecule is CC(=O)Nc1cc(C(=O)CSc2nnnn2C2CCCCC2)ccc1O. The van der Waals surface area contributed by atoms with Crippen molar-refractivity contribution in [3.8, 4) is 5.75 Å². The van der Waals surface area contributed by atoms with Crippen LogP contribution in [0.4, 0.5) is 5.69 Å². The maximum Gasteiger partial charge on any atom is 0.221 e. The first-order valence-electron chi connectivity index (χ1n) is 8.59. The summed E-state index contributed by atoms with van der Waals surface area (Å²) in [6.45, 7) is 1.34. The number of carbonyl (C=O) groups excluding carboxylic acids is 2. The zero-order chi connectivity index (χ0) is 18.5. The maximum atomic E-state index is 12.5. The summed E-state index contributed by atoms with van der Waals surface area (Å²) < 4.78 is 1.83. The van der Waals surface area contributed by atoms with Crippen LogP contribution in [0.3, 0.4) is 0 Å². The molecule has 0 spiro atoms. The number of nitrogens with one attached hydrogen (secondary N) is 1. The fourth-order valence-corrected chi connectivity index (χ4v) is 3.89. The molecule has 0 saturated heterocycles. The highest BCUT2D eigenvalue weighted by Gasteiger charge is 2.21. The maximum absolute atomic E-state index is 12.5. The third-order valence-corrected chi connectivity index (χ3v) is 5.28. The van der Waals surface area contributed by atoms with E-state index in [9.17, 15) is 14.7 Å². The molecule has 2 N–H and O–H groups in total. The van der Waals surface area contributed by atoms with E-state index in [2.05, 4.69) is 20.8 Å². The van der Waals surface area contributed by atoms with Crippen LogP contribution in [0, 0.1) is 0 Å². The Morgan fingerprint density at radius 2 is 2.08 bits per heavy atom. The fraction of sp³-hybridized carbons (Fsp3) is 0.471. The van der Waals surface area contributed by atoms with Crippen LogP contribution >= 0.6 is 11.8 Å². The van der Waals surface area contributed by atoms with Crippen molar-refractivity contribution >= 4 is 29.1 Å². The number of hydrogen-bond donors (Lipinski definition) is 2. The van der Waals surface area contributed by atoms with Crippen LogP contribution in [-0.2, 0) is 4.79 Å². The van der Waals surface area contributed by atoms with Gasteiger partial charge in [0.1, 0.15) is 5.75 Å². The Labute approximate surface area is 155 Å². The summed E-state index contributed by atoms with van der Waals surface area (Å²) in [5.41, 5.74) is 0.635. The minimum absolute atomic E-state index is 0.0781. The number of phenols is 1. The van der Waals surface area contributed by atoms with E-state index in [-0.39, 0.29) is 28.9 Å². The first kappa shape index (κ1) is 18.4. The number of amides is 1. The molecule has 1 fully saturated rings. The third-order valence-electron chi connectivity index (χ3n) is 4.34. The molecule has 0 atom stereocenters. The number of aromatic hydroxyl groups is 1. The molecule has 1 aromatic carbocycles. The summed E-state index contributed by atoms with van der Waals surface area (Å²) in [4.78, 5) is 23.7. The van der Waals surface area contributed by atoms with E-state index in [4.69, 9.17) is 0 Å². The van der Waals surface area contributed by atoms with Crippen molar-refractivity contribution < 1.29 is 14.7 Å². The number of phenolic OH excluding ortho intramolecular Hbond substituents is 1. The molecule has 2 aromatic rings. The summed E-state index contributed by atoms with van der Waals surface area (Å²) in [5, 5.41) is 24.8. The predicted molar refractivity (Wildman–Crippen MR) is 97.4 cm³/mol. The zero-order valence-corrected chi connectivity index (χ0v) is 15.3. The minimum Gasteiger partial charge on any atom is -0.506 e. The molecular formula is C17H21N5O3S. The van der Waals surface area contributed by atoms with E-state index < -0.39 is 0 Å². The summed E-state index contributed by atoms with van der Waals surface area (Å²) in [7, 11) is 0.